The molecular formula is C31H30N4O3. The molecule has 0 spiro atoms. The van der Waals surface area contributed by atoms with Crippen molar-refractivity contribution in [2.45, 2.75) is 13.0 Å². The van der Waals surface area contributed by atoms with E-state index < -0.39 is 0 Å². The van der Waals surface area contributed by atoms with Crippen molar-refractivity contribution in [2.75, 3.05) is 33.2 Å². The number of hydrogen-bond donors (Lipinski definition) is 0. The highest BCUT2D eigenvalue weighted by molar-refractivity contribution is 5.94. The summed E-state index contributed by atoms with van der Waals surface area (Å²) < 4.78 is 2.73. The van der Waals surface area contributed by atoms with Gasteiger partial charge in [-0.1, -0.05) is 54.3 Å². The van der Waals surface area contributed by atoms with Crippen LogP contribution < -0.4 is 11.2 Å². The van der Waals surface area contributed by atoms with Gasteiger partial charge in [0.25, 0.3) is 11.5 Å². The summed E-state index contributed by atoms with van der Waals surface area (Å²) in [6.07, 6.45) is 0.615. The van der Waals surface area contributed by atoms with Gasteiger partial charge in [0.05, 0.1) is 17.4 Å². The average molecular weight is 507 g/mol. The molecule has 3 aromatic carbocycles. The third kappa shape index (κ3) is 5.31. The van der Waals surface area contributed by atoms with E-state index in [-0.39, 0.29) is 23.7 Å². The number of rotatable bonds is 4. The normalized spacial score (nSPS) is 13.8. The van der Waals surface area contributed by atoms with Crippen molar-refractivity contribution in [2.24, 2.45) is 7.05 Å². The summed E-state index contributed by atoms with van der Waals surface area (Å²) in [5.41, 5.74) is 3.06. The summed E-state index contributed by atoms with van der Waals surface area (Å²) in [6, 6.07) is 22.5. The van der Waals surface area contributed by atoms with Gasteiger partial charge in [-0.25, -0.2) is 4.79 Å². The Morgan fingerprint density at radius 3 is 2.26 bits per heavy atom. The van der Waals surface area contributed by atoms with Gasteiger partial charge < -0.3 is 9.80 Å². The van der Waals surface area contributed by atoms with Crippen LogP contribution in [0.5, 0.6) is 0 Å². The topological polar surface area (TPSA) is 67.5 Å². The summed E-state index contributed by atoms with van der Waals surface area (Å²) in [6.45, 7) is 3.25. The fourth-order valence-corrected chi connectivity index (χ4v) is 4.70. The van der Waals surface area contributed by atoms with Gasteiger partial charge in [0.2, 0.25) is 0 Å². The molecule has 1 fully saturated rings. The summed E-state index contributed by atoms with van der Waals surface area (Å²) in [7, 11) is 3.72. The van der Waals surface area contributed by atoms with E-state index in [9.17, 15) is 14.4 Å². The third-order valence-electron chi connectivity index (χ3n) is 7.05. The first kappa shape index (κ1) is 25.2. The molecule has 0 bridgehead atoms. The van der Waals surface area contributed by atoms with E-state index in [1.165, 1.54) is 9.13 Å². The van der Waals surface area contributed by atoms with Gasteiger partial charge in [-0.15, -0.1) is 0 Å². The number of amides is 1. The van der Waals surface area contributed by atoms with E-state index >= 15 is 0 Å². The Hall–Kier alpha value is -4.41. The summed E-state index contributed by atoms with van der Waals surface area (Å²) >= 11 is 0. The SMILES string of the molecule is CN1CCN(C(=O)c2ccc(Cn3c(=O)c4cc(C#CCc5ccccc5)ccc4n(C)c3=O)cc2)CC1. The van der Waals surface area contributed by atoms with Crippen LogP contribution in [0.3, 0.4) is 0 Å². The Kier molecular flexibility index (Phi) is 7.25. The maximum Gasteiger partial charge on any atom is 0.331 e. The van der Waals surface area contributed by atoms with Gasteiger partial charge in [0.15, 0.2) is 0 Å². The first-order chi connectivity index (χ1) is 18.4. The predicted molar refractivity (Wildman–Crippen MR) is 149 cm³/mol. The number of aryl methyl sites for hydroxylation is 1. The van der Waals surface area contributed by atoms with Crippen molar-refractivity contribution < 1.29 is 4.79 Å². The van der Waals surface area contributed by atoms with Gasteiger partial charge in [-0.2, -0.15) is 0 Å². The molecular weight excluding hydrogens is 476 g/mol. The molecule has 7 heteroatoms. The van der Waals surface area contributed by atoms with Crippen molar-refractivity contribution >= 4 is 16.8 Å². The molecule has 0 unspecified atom stereocenters. The van der Waals surface area contributed by atoms with Crippen molar-refractivity contribution in [1.29, 1.82) is 0 Å². The average Bonchev–Trinajstić information content (AvgIpc) is 2.95. The van der Waals surface area contributed by atoms with Crippen LogP contribution in [0.1, 0.15) is 27.0 Å². The molecule has 1 aliphatic heterocycles. The molecule has 1 amide bonds. The lowest BCUT2D eigenvalue weighted by atomic mass is 10.1. The van der Waals surface area contributed by atoms with Crippen LogP contribution in [0.4, 0.5) is 0 Å². The van der Waals surface area contributed by atoms with Gasteiger partial charge in [0, 0.05) is 50.8 Å². The van der Waals surface area contributed by atoms with Gasteiger partial charge in [-0.3, -0.25) is 18.7 Å². The number of likely N-dealkylation sites (N-methyl/N-ethyl adjacent to an activating group) is 1. The lowest BCUT2D eigenvalue weighted by molar-refractivity contribution is 0.0664. The van der Waals surface area contributed by atoms with Crippen LogP contribution in [0.2, 0.25) is 0 Å². The second-order valence-electron chi connectivity index (χ2n) is 9.72. The Morgan fingerprint density at radius 2 is 1.55 bits per heavy atom. The van der Waals surface area contributed by atoms with E-state index in [0.29, 0.717) is 36.0 Å². The number of carbonyl (C=O) groups is 1. The maximum absolute atomic E-state index is 13.4. The third-order valence-corrected chi connectivity index (χ3v) is 7.05. The maximum atomic E-state index is 13.4. The molecule has 1 aromatic heterocycles. The van der Waals surface area contributed by atoms with E-state index in [4.69, 9.17) is 0 Å². The Bertz CT molecular complexity index is 1650. The molecule has 1 aliphatic rings. The number of hydrogen-bond acceptors (Lipinski definition) is 4. The molecule has 0 atom stereocenters. The van der Waals surface area contributed by atoms with Crippen LogP contribution in [-0.2, 0) is 20.0 Å². The highest BCUT2D eigenvalue weighted by atomic mass is 16.2. The van der Waals surface area contributed by atoms with E-state index in [1.54, 1.807) is 31.3 Å². The van der Waals surface area contributed by atoms with Crippen LogP contribution in [0.15, 0.2) is 82.4 Å². The molecule has 1 saturated heterocycles. The lowest BCUT2D eigenvalue weighted by Gasteiger charge is -2.32. The van der Waals surface area contributed by atoms with Crippen molar-refractivity contribution in [1.82, 2.24) is 18.9 Å². The number of aromatic nitrogens is 2. The zero-order valence-electron chi connectivity index (χ0n) is 21.7. The fraction of sp³-hybridized carbons (Fsp3) is 0.258. The van der Waals surface area contributed by atoms with Crippen LogP contribution >= 0.6 is 0 Å². The van der Waals surface area contributed by atoms with E-state index in [1.807, 2.05) is 53.4 Å². The lowest BCUT2D eigenvalue weighted by Crippen LogP contribution is -2.47. The summed E-state index contributed by atoms with van der Waals surface area (Å²) in [4.78, 5) is 43.4. The van der Waals surface area contributed by atoms with E-state index in [0.717, 1.165) is 29.8 Å². The Morgan fingerprint density at radius 1 is 0.842 bits per heavy atom. The largest absolute Gasteiger partial charge is 0.336 e. The molecule has 0 aliphatic carbocycles. The Labute approximate surface area is 221 Å². The smallest absolute Gasteiger partial charge is 0.331 e. The number of nitrogens with zero attached hydrogens (tertiary/aromatic N) is 4. The highest BCUT2D eigenvalue weighted by Gasteiger charge is 2.20. The molecule has 38 heavy (non-hydrogen) atoms. The quantitative estimate of drug-likeness (QED) is 0.399. The zero-order chi connectivity index (χ0) is 26.6. The number of fused-ring (bicyclic) bond motifs is 1. The van der Waals surface area contributed by atoms with Gasteiger partial charge in [0.1, 0.15) is 0 Å². The summed E-state index contributed by atoms with van der Waals surface area (Å²) in [5, 5.41) is 0.445. The van der Waals surface area contributed by atoms with Crippen LogP contribution in [-0.4, -0.2) is 58.1 Å². The van der Waals surface area contributed by atoms with Gasteiger partial charge >= 0.3 is 5.69 Å². The van der Waals surface area contributed by atoms with Gasteiger partial charge in [-0.05, 0) is 48.5 Å². The number of benzene rings is 3. The number of carbonyl (C=O) groups excluding carboxylic acids is 1. The second kappa shape index (κ2) is 10.9. The minimum atomic E-state index is -0.386. The van der Waals surface area contributed by atoms with Crippen molar-refractivity contribution in [3.05, 3.63) is 116 Å². The van der Waals surface area contributed by atoms with Crippen molar-refractivity contribution in [3.63, 3.8) is 0 Å². The molecule has 0 saturated carbocycles. The zero-order valence-corrected chi connectivity index (χ0v) is 21.7. The van der Waals surface area contributed by atoms with Crippen LogP contribution in [0.25, 0.3) is 10.9 Å². The molecule has 7 nitrogen and oxygen atoms in total. The first-order valence-electron chi connectivity index (χ1n) is 12.7. The molecule has 0 radical (unpaired) electrons. The monoisotopic (exact) mass is 506 g/mol. The van der Waals surface area contributed by atoms with E-state index in [2.05, 4.69) is 23.8 Å². The molecule has 4 aromatic rings. The fourth-order valence-electron chi connectivity index (χ4n) is 4.70. The second-order valence-corrected chi connectivity index (χ2v) is 9.72. The molecule has 192 valence electrons. The van der Waals surface area contributed by atoms with Crippen molar-refractivity contribution in [3.8, 4) is 11.8 Å². The minimum Gasteiger partial charge on any atom is -0.336 e. The summed E-state index contributed by atoms with van der Waals surface area (Å²) in [5.74, 6) is 6.30. The minimum absolute atomic E-state index is 0.00402. The van der Waals surface area contributed by atoms with Crippen LogP contribution in [0, 0.1) is 11.8 Å². The highest BCUT2D eigenvalue weighted by Crippen LogP contribution is 2.13. The standard InChI is InChI=1S/C31H30N4O3/c1-32-17-19-34(20-18-32)29(36)26-14-11-25(12-15-26)22-35-30(37)27-21-24(13-16-28(27)33(2)31(35)38)10-6-9-23-7-4-3-5-8-23/h3-5,7-8,11-16,21H,9,17-20,22H2,1-2H3. The first-order valence-corrected chi connectivity index (χ1v) is 12.7. The Balaban J connectivity index is 1.39. The molecule has 5 rings (SSSR count). The predicted octanol–water partition coefficient (Wildman–Crippen LogP) is 2.73. The number of piperazine rings is 1. The molecule has 0 N–H and O–H groups in total. The molecule has 2 heterocycles.